The molecule has 5 aromatic carbocycles. The molecule has 5 aromatic rings. The first-order valence-corrected chi connectivity index (χ1v) is 21.9. The zero-order valence-electron chi connectivity index (χ0n) is 32.8. The molecule has 57 heavy (non-hydrogen) atoms. The number of allylic oxidation sites excluding steroid dienone is 8. The number of para-hydroxylation sites is 2. The van der Waals surface area contributed by atoms with Crippen molar-refractivity contribution in [2.24, 2.45) is 5.92 Å². The third kappa shape index (κ3) is 5.11. The minimum absolute atomic E-state index is 0.0561. The van der Waals surface area contributed by atoms with Crippen LogP contribution < -0.4 is 20.2 Å². The molecule has 0 N–H and O–H groups in total. The predicted molar refractivity (Wildman–Crippen MR) is 239 cm³/mol. The van der Waals surface area contributed by atoms with Gasteiger partial charge in [0.15, 0.2) is 0 Å². The van der Waals surface area contributed by atoms with Gasteiger partial charge >= 0.3 is 0 Å². The molecule has 0 aromatic heterocycles. The highest BCUT2D eigenvalue weighted by Gasteiger charge is 2.38. The second kappa shape index (κ2) is 12.7. The molecule has 278 valence electrons. The molecule has 0 amide bonds. The summed E-state index contributed by atoms with van der Waals surface area (Å²) in [5.41, 5.74) is 19.7. The van der Waals surface area contributed by atoms with Crippen LogP contribution in [0.25, 0.3) is 28.3 Å². The van der Waals surface area contributed by atoms with Crippen molar-refractivity contribution >= 4 is 46.0 Å². The first-order valence-electron chi connectivity index (χ1n) is 21.1. The van der Waals surface area contributed by atoms with Crippen LogP contribution in [0.2, 0.25) is 0 Å². The minimum atomic E-state index is -0.0561. The van der Waals surface area contributed by atoms with E-state index in [1.165, 1.54) is 94.8 Å². The average Bonchev–Trinajstić information content (AvgIpc) is 3.69. The number of hydrogen-bond acceptors (Lipinski definition) is 3. The SMILES string of the molecule is CC1(C)c2cc(/C=C/C3=c4cccc5c4=C(CC3)C3C=CC(N4c6ccccc6Sc6ccccc64)=CC53)ccc2-c2ccc(N3CCCC4=C3CCC=C4)cc21. The van der Waals surface area contributed by atoms with Gasteiger partial charge in [0.05, 0.1) is 11.4 Å². The molecule has 2 unspecified atom stereocenters. The standard InChI is InChI=1S/C54H46N2S/c1-54(2)46-31-34(21-26-41(46)42-29-24-37(33-47(42)54)55-30-10-12-36-11-3-4-15-48(36)55)20-22-35-23-27-44-40-28-25-38(32-45(40)43-14-9-13-39(35)53(43)44)56-49-16-5-7-18-51(49)57-52-19-8-6-17-50(52)56/h3,5-9,11,13-14,16-22,24-26,28-29,31-33,40,45H,4,10,12,15,23,27,30H2,1-2H3/b22-20+. The van der Waals surface area contributed by atoms with E-state index in [4.69, 9.17) is 0 Å². The monoisotopic (exact) mass is 754 g/mol. The first kappa shape index (κ1) is 33.6. The Morgan fingerprint density at radius 2 is 1.51 bits per heavy atom. The fourth-order valence-corrected chi connectivity index (χ4v) is 12.3. The van der Waals surface area contributed by atoms with Crippen molar-refractivity contribution in [1.82, 2.24) is 0 Å². The molecule has 7 aliphatic rings. The second-order valence-electron chi connectivity index (χ2n) is 17.4. The molecular formula is C54H46N2S. The van der Waals surface area contributed by atoms with Gasteiger partial charge in [-0.05, 0) is 136 Å². The molecule has 12 rings (SSSR count). The molecule has 0 bridgehead atoms. The Morgan fingerprint density at radius 3 is 2.35 bits per heavy atom. The van der Waals surface area contributed by atoms with Crippen LogP contribution in [-0.2, 0) is 5.41 Å². The van der Waals surface area contributed by atoms with Crippen LogP contribution in [0.1, 0.15) is 80.5 Å². The zero-order chi connectivity index (χ0) is 37.8. The summed E-state index contributed by atoms with van der Waals surface area (Å²) in [5.74, 6) is 0.774. The first-order chi connectivity index (χ1) is 28.0. The van der Waals surface area contributed by atoms with Gasteiger partial charge in [-0.3, -0.25) is 0 Å². The van der Waals surface area contributed by atoms with E-state index < -0.39 is 0 Å². The normalized spacial score (nSPS) is 21.8. The molecule has 0 fully saturated rings. The predicted octanol–water partition coefficient (Wildman–Crippen LogP) is 12.5. The number of benzene rings is 5. The summed E-state index contributed by atoms with van der Waals surface area (Å²) in [7, 11) is 0. The molecule has 2 heterocycles. The lowest BCUT2D eigenvalue weighted by molar-refractivity contribution is 0.657. The summed E-state index contributed by atoms with van der Waals surface area (Å²) >= 11 is 1.88. The Hall–Kier alpha value is -5.51. The van der Waals surface area contributed by atoms with Crippen LogP contribution in [-0.4, -0.2) is 6.54 Å². The quantitative estimate of drug-likeness (QED) is 0.180. The van der Waals surface area contributed by atoms with Crippen molar-refractivity contribution in [2.45, 2.75) is 73.5 Å². The second-order valence-corrected chi connectivity index (χ2v) is 18.4. The van der Waals surface area contributed by atoms with Crippen molar-refractivity contribution in [3.63, 3.8) is 0 Å². The Bertz CT molecular complexity index is 2820. The van der Waals surface area contributed by atoms with E-state index in [0.29, 0.717) is 11.8 Å². The molecule has 2 atom stereocenters. The van der Waals surface area contributed by atoms with Gasteiger partial charge in [0.2, 0.25) is 0 Å². The van der Waals surface area contributed by atoms with E-state index in [9.17, 15) is 0 Å². The molecule has 0 radical (unpaired) electrons. The summed E-state index contributed by atoms with van der Waals surface area (Å²) in [6, 6.07) is 39.3. The maximum atomic E-state index is 2.62. The highest BCUT2D eigenvalue weighted by Crippen LogP contribution is 2.53. The van der Waals surface area contributed by atoms with Gasteiger partial charge < -0.3 is 9.80 Å². The van der Waals surface area contributed by atoms with Crippen molar-refractivity contribution in [1.29, 1.82) is 0 Å². The van der Waals surface area contributed by atoms with Gasteiger partial charge in [-0.2, -0.15) is 0 Å². The lowest BCUT2D eigenvalue weighted by Gasteiger charge is -2.36. The van der Waals surface area contributed by atoms with Gasteiger partial charge in [-0.15, -0.1) is 0 Å². The van der Waals surface area contributed by atoms with Crippen LogP contribution in [0, 0.1) is 5.92 Å². The van der Waals surface area contributed by atoms with Gasteiger partial charge in [0.1, 0.15) is 0 Å². The zero-order valence-corrected chi connectivity index (χ0v) is 33.6. The Morgan fingerprint density at radius 1 is 0.719 bits per heavy atom. The largest absolute Gasteiger partial charge is 0.345 e. The maximum absolute atomic E-state index is 2.62. The molecule has 0 saturated heterocycles. The lowest BCUT2D eigenvalue weighted by atomic mass is 9.81. The van der Waals surface area contributed by atoms with Crippen LogP contribution >= 0.6 is 11.8 Å². The molecule has 3 heteroatoms. The van der Waals surface area contributed by atoms with Crippen molar-refractivity contribution in [3.05, 3.63) is 189 Å². The van der Waals surface area contributed by atoms with Crippen molar-refractivity contribution in [3.8, 4) is 11.1 Å². The van der Waals surface area contributed by atoms with Crippen molar-refractivity contribution in [2.75, 3.05) is 16.3 Å². The lowest BCUT2D eigenvalue weighted by Crippen LogP contribution is -2.32. The van der Waals surface area contributed by atoms with E-state index in [1.807, 2.05) is 11.8 Å². The van der Waals surface area contributed by atoms with E-state index >= 15 is 0 Å². The Labute approximate surface area is 340 Å². The number of nitrogens with zero attached hydrogens (tertiary/aromatic N) is 2. The van der Waals surface area contributed by atoms with E-state index in [2.05, 4.69) is 169 Å². The summed E-state index contributed by atoms with van der Waals surface area (Å²) in [6.07, 6.45) is 24.0. The summed E-state index contributed by atoms with van der Waals surface area (Å²) in [4.78, 5) is 7.73. The number of hydrogen-bond donors (Lipinski definition) is 0. The third-order valence-electron chi connectivity index (χ3n) is 14.0. The van der Waals surface area contributed by atoms with Crippen LogP contribution in [0.3, 0.4) is 0 Å². The minimum Gasteiger partial charge on any atom is -0.345 e. The summed E-state index contributed by atoms with van der Waals surface area (Å²) in [6.45, 7) is 5.97. The molecule has 0 spiro atoms. The van der Waals surface area contributed by atoms with Crippen LogP contribution in [0.4, 0.5) is 17.1 Å². The van der Waals surface area contributed by atoms with Crippen LogP contribution in [0.15, 0.2) is 166 Å². The highest BCUT2D eigenvalue weighted by atomic mass is 32.2. The molecule has 2 nitrogen and oxygen atoms in total. The summed E-state index contributed by atoms with van der Waals surface area (Å²) < 4.78 is 0. The fraction of sp³-hybridized carbons (Fsp3) is 0.222. The Kier molecular flexibility index (Phi) is 7.52. The summed E-state index contributed by atoms with van der Waals surface area (Å²) in [5, 5.41) is 2.94. The van der Waals surface area contributed by atoms with E-state index in [1.54, 1.807) is 16.8 Å². The number of anilines is 3. The third-order valence-corrected chi connectivity index (χ3v) is 15.1. The molecular weight excluding hydrogens is 709 g/mol. The molecule has 0 saturated carbocycles. The average molecular weight is 755 g/mol. The fourth-order valence-electron chi connectivity index (χ4n) is 11.2. The van der Waals surface area contributed by atoms with E-state index in [0.717, 1.165) is 32.2 Å². The topological polar surface area (TPSA) is 6.48 Å². The van der Waals surface area contributed by atoms with E-state index in [-0.39, 0.29) is 5.41 Å². The smallest absolute Gasteiger partial charge is 0.0601 e. The highest BCUT2D eigenvalue weighted by molar-refractivity contribution is 7.99. The maximum Gasteiger partial charge on any atom is 0.0601 e. The molecule has 5 aliphatic carbocycles. The van der Waals surface area contributed by atoms with Crippen molar-refractivity contribution < 1.29 is 0 Å². The van der Waals surface area contributed by atoms with Crippen LogP contribution in [0.5, 0.6) is 0 Å². The number of fused-ring (bicyclic) bond motifs is 8. The number of rotatable bonds is 4. The molecule has 2 aliphatic heterocycles. The Balaban J connectivity index is 0.871. The van der Waals surface area contributed by atoms with Gasteiger partial charge in [-0.1, -0.05) is 134 Å². The van der Waals surface area contributed by atoms with Gasteiger partial charge in [0, 0.05) is 50.7 Å². The van der Waals surface area contributed by atoms with Gasteiger partial charge in [-0.25, -0.2) is 0 Å². The van der Waals surface area contributed by atoms with Gasteiger partial charge in [0.25, 0.3) is 0 Å².